The molecule has 1 aliphatic heterocycles. The van der Waals surface area contributed by atoms with Crippen LogP contribution >= 0.6 is 0 Å². The van der Waals surface area contributed by atoms with Crippen molar-refractivity contribution in [2.24, 2.45) is 7.05 Å². The van der Waals surface area contributed by atoms with Crippen LogP contribution in [0.2, 0.25) is 0 Å². The molecule has 1 aromatic carbocycles. The second kappa shape index (κ2) is 7.16. The zero-order valence-electron chi connectivity index (χ0n) is 14.2. The lowest BCUT2D eigenvalue weighted by molar-refractivity contribution is 0.101. The van der Waals surface area contributed by atoms with E-state index in [9.17, 15) is 22.0 Å². The summed E-state index contributed by atoms with van der Waals surface area (Å²) in [4.78, 5) is 12.4. The number of rotatable bonds is 4. The van der Waals surface area contributed by atoms with Crippen LogP contribution in [0.5, 0.6) is 0 Å². The molecule has 140 valence electrons. The van der Waals surface area contributed by atoms with Crippen molar-refractivity contribution < 1.29 is 22.0 Å². The molecule has 1 aliphatic rings. The predicted molar refractivity (Wildman–Crippen MR) is 92.3 cm³/mol. The SMILES string of the molecule is Cn1cc(S(=O)(=O)N2CCCCC2)cc1C(=O)Nc1ccc(F)cc1F. The van der Waals surface area contributed by atoms with Gasteiger partial charge in [0.25, 0.3) is 5.91 Å². The monoisotopic (exact) mass is 383 g/mol. The number of amides is 1. The number of aromatic nitrogens is 1. The van der Waals surface area contributed by atoms with Crippen LogP contribution in [0.1, 0.15) is 29.8 Å². The summed E-state index contributed by atoms with van der Waals surface area (Å²) >= 11 is 0. The van der Waals surface area contributed by atoms with Crippen molar-refractivity contribution in [3.63, 3.8) is 0 Å². The molecule has 1 aromatic heterocycles. The van der Waals surface area contributed by atoms with Crippen molar-refractivity contribution >= 4 is 21.6 Å². The zero-order chi connectivity index (χ0) is 18.9. The van der Waals surface area contributed by atoms with Gasteiger partial charge >= 0.3 is 0 Å². The van der Waals surface area contributed by atoms with E-state index >= 15 is 0 Å². The van der Waals surface area contributed by atoms with Gasteiger partial charge in [0.15, 0.2) is 0 Å². The lowest BCUT2D eigenvalue weighted by Gasteiger charge is -2.25. The molecule has 1 N–H and O–H groups in total. The largest absolute Gasteiger partial charge is 0.345 e. The molecule has 0 saturated carbocycles. The van der Waals surface area contributed by atoms with Gasteiger partial charge in [-0.2, -0.15) is 4.31 Å². The Hall–Kier alpha value is -2.26. The Labute approximate surface area is 150 Å². The minimum Gasteiger partial charge on any atom is -0.345 e. The molecule has 0 radical (unpaired) electrons. The number of halogens is 2. The van der Waals surface area contributed by atoms with Gasteiger partial charge < -0.3 is 9.88 Å². The van der Waals surface area contributed by atoms with Gasteiger partial charge in [-0.1, -0.05) is 6.42 Å². The number of sulfonamides is 1. The molecule has 0 unspecified atom stereocenters. The Bertz CT molecular complexity index is 935. The Morgan fingerprint density at radius 1 is 1.12 bits per heavy atom. The molecule has 3 rings (SSSR count). The zero-order valence-corrected chi connectivity index (χ0v) is 15.0. The van der Waals surface area contributed by atoms with Crippen molar-refractivity contribution in [3.05, 3.63) is 47.8 Å². The number of benzene rings is 1. The van der Waals surface area contributed by atoms with Gasteiger partial charge in [0.1, 0.15) is 22.2 Å². The van der Waals surface area contributed by atoms with Crippen molar-refractivity contribution in [1.29, 1.82) is 0 Å². The van der Waals surface area contributed by atoms with E-state index in [0.29, 0.717) is 19.2 Å². The molecule has 1 amide bonds. The molecule has 9 heteroatoms. The molecule has 1 saturated heterocycles. The third-order valence-corrected chi connectivity index (χ3v) is 6.21. The third-order valence-electron chi connectivity index (χ3n) is 4.34. The Morgan fingerprint density at radius 2 is 1.81 bits per heavy atom. The number of piperidine rings is 1. The minimum atomic E-state index is -3.68. The van der Waals surface area contributed by atoms with Crippen LogP contribution in [0.3, 0.4) is 0 Å². The highest BCUT2D eigenvalue weighted by molar-refractivity contribution is 7.89. The highest BCUT2D eigenvalue weighted by Crippen LogP contribution is 2.23. The summed E-state index contributed by atoms with van der Waals surface area (Å²) < 4.78 is 54.8. The highest BCUT2D eigenvalue weighted by Gasteiger charge is 2.28. The van der Waals surface area contributed by atoms with Crippen molar-refractivity contribution in [2.75, 3.05) is 18.4 Å². The lowest BCUT2D eigenvalue weighted by atomic mass is 10.2. The van der Waals surface area contributed by atoms with Crippen LogP contribution in [-0.4, -0.2) is 36.3 Å². The maximum atomic E-state index is 13.7. The van der Waals surface area contributed by atoms with E-state index in [0.717, 1.165) is 31.4 Å². The third kappa shape index (κ3) is 3.63. The molecule has 6 nitrogen and oxygen atoms in total. The first-order valence-electron chi connectivity index (χ1n) is 8.22. The summed E-state index contributed by atoms with van der Waals surface area (Å²) in [5.74, 6) is -2.35. The van der Waals surface area contributed by atoms with E-state index in [1.807, 2.05) is 0 Å². The number of hydrogen-bond acceptors (Lipinski definition) is 3. The standard InChI is InChI=1S/C17H19F2N3O3S/c1-21-11-13(26(24,25)22-7-3-2-4-8-22)10-16(21)17(23)20-15-6-5-12(18)9-14(15)19/h5-6,9-11H,2-4,7-8H2,1H3,(H,20,23). The van der Waals surface area contributed by atoms with Gasteiger partial charge in [0, 0.05) is 32.4 Å². The van der Waals surface area contributed by atoms with Gasteiger partial charge in [-0.15, -0.1) is 0 Å². The van der Waals surface area contributed by atoms with E-state index in [1.165, 1.54) is 28.2 Å². The summed E-state index contributed by atoms with van der Waals surface area (Å²) in [6.45, 7) is 0.916. The molecule has 2 aromatic rings. The van der Waals surface area contributed by atoms with Crippen molar-refractivity contribution in [2.45, 2.75) is 24.2 Å². The number of nitrogens with one attached hydrogen (secondary N) is 1. The van der Waals surface area contributed by atoms with Gasteiger partial charge in [0.2, 0.25) is 10.0 Å². The maximum absolute atomic E-state index is 13.7. The van der Waals surface area contributed by atoms with Gasteiger partial charge in [-0.3, -0.25) is 4.79 Å². The highest BCUT2D eigenvalue weighted by atomic mass is 32.2. The summed E-state index contributed by atoms with van der Waals surface area (Å²) in [6.07, 6.45) is 3.98. The number of hydrogen-bond donors (Lipinski definition) is 1. The number of aryl methyl sites for hydroxylation is 1. The normalized spacial score (nSPS) is 15.8. The van der Waals surface area contributed by atoms with E-state index in [2.05, 4.69) is 5.32 Å². The molecular weight excluding hydrogens is 364 g/mol. The Balaban J connectivity index is 1.84. The predicted octanol–water partition coefficient (Wildman–Crippen LogP) is 2.73. The van der Waals surface area contributed by atoms with Crippen LogP contribution in [0, 0.1) is 11.6 Å². The van der Waals surface area contributed by atoms with E-state index < -0.39 is 27.6 Å². The fraction of sp³-hybridized carbons (Fsp3) is 0.353. The van der Waals surface area contributed by atoms with E-state index in [1.54, 1.807) is 0 Å². The molecule has 2 heterocycles. The van der Waals surface area contributed by atoms with Crippen LogP contribution in [-0.2, 0) is 17.1 Å². The Kier molecular flexibility index (Phi) is 5.10. The first-order chi connectivity index (χ1) is 12.3. The van der Waals surface area contributed by atoms with Gasteiger partial charge in [0.05, 0.1) is 5.69 Å². The van der Waals surface area contributed by atoms with Gasteiger partial charge in [-0.25, -0.2) is 17.2 Å². The summed E-state index contributed by atoms with van der Waals surface area (Å²) in [6, 6.07) is 4.06. The second-order valence-corrected chi connectivity index (χ2v) is 8.15. The van der Waals surface area contributed by atoms with Crippen LogP contribution < -0.4 is 5.32 Å². The fourth-order valence-electron chi connectivity index (χ4n) is 2.93. The first kappa shape index (κ1) is 18.5. The smallest absolute Gasteiger partial charge is 0.272 e. The van der Waals surface area contributed by atoms with Crippen LogP contribution in [0.25, 0.3) is 0 Å². The summed E-state index contributed by atoms with van der Waals surface area (Å²) in [5.41, 5.74) is -0.123. The Morgan fingerprint density at radius 3 is 2.46 bits per heavy atom. The second-order valence-electron chi connectivity index (χ2n) is 6.21. The number of carbonyl (C=O) groups is 1. The average Bonchev–Trinajstić information content (AvgIpc) is 3.01. The lowest BCUT2D eigenvalue weighted by Crippen LogP contribution is -2.35. The number of carbonyl (C=O) groups excluding carboxylic acids is 1. The molecular formula is C17H19F2N3O3S. The summed E-state index contributed by atoms with van der Waals surface area (Å²) in [5, 5.41) is 2.33. The maximum Gasteiger partial charge on any atom is 0.272 e. The molecule has 26 heavy (non-hydrogen) atoms. The molecule has 0 atom stereocenters. The topological polar surface area (TPSA) is 71.4 Å². The van der Waals surface area contributed by atoms with Crippen molar-refractivity contribution in [3.8, 4) is 0 Å². The van der Waals surface area contributed by atoms with Crippen LogP contribution in [0.4, 0.5) is 14.5 Å². The molecule has 0 spiro atoms. The number of anilines is 1. The quantitative estimate of drug-likeness (QED) is 0.883. The molecule has 0 bridgehead atoms. The van der Waals surface area contributed by atoms with E-state index in [4.69, 9.17) is 0 Å². The van der Waals surface area contributed by atoms with Gasteiger partial charge in [-0.05, 0) is 31.0 Å². The fourth-order valence-corrected chi connectivity index (χ4v) is 4.52. The van der Waals surface area contributed by atoms with Crippen LogP contribution in [0.15, 0.2) is 35.4 Å². The summed E-state index contributed by atoms with van der Waals surface area (Å²) in [7, 11) is -2.14. The first-order valence-corrected chi connectivity index (χ1v) is 9.66. The average molecular weight is 383 g/mol. The van der Waals surface area contributed by atoms with E-state index in [-0.39, 0.29) is 16.3 Å². The van der Waals surface area contributed by atoms with Crippen molar-refractivity contribution in [1.82, 2.24) is 8.87 Å². The molecule has 0 aliphatic carbocycles. The molecule has 1 fully saturated rings. The number of nitrogens with zero attached hydrogens (tertiary/aromatic N) is 2. The minimum absolute atomic E-state index is 0.0200.